The molecular weight excluding hydrogens is 382 g/mol. The molecule has 0 aromatic carbocycles. The van der Waals surface area contributed by atoms with Gasteiger partial charge in [0, 0.05) is 5.70 Å². The Kier molecular flexibility index (Phi) is 19.0. The first-order valence-corrected chi connectivity index (χ1v) is 13.8. The molecule has 0 fully saturated rings. The van der Waals surface area contributed by atoms with Crippen LogP contribution in [0.4, 0.5) is 0 Å². The molecule has 4 N–H and O–H groups in total. The van der Waals surface area contributed by atoms with Crippen molar-refractivity contribution in [1.82, 2.24) is 10.9 Å². The SMILES string of the molecule is C/C=C(/CCC)NNC(N)S(=O)(=O)CCCCCCCCCCCCCCCC. The van der Waals surface area contributed by atoms with Gasteiger partial charge in [0.2, 0.25) is 0 Å². The van der Waals surface area contributed by atoms with Gasteiger partial charge in [0.1, 0.15) is 0 Å². The van der Waals surface area contributed by atoms with Crippen LogP contribution in [0.15, 0.2) is 11.8 Å². The Balaban J connectivity index is 3.61. The second-order valence-electron chi connectivity index (χ2n) is 8.22. The Labute approximate surface area is 181 Å². The molecule has 0 rings (SSSR count). The summed E-state index contributed by atoms with van der Waals surface area (Å²) in [6.07, 6.45) is 21.4. The van der Waals surface area contributed by atoms with Crippen LogP contribution in [0.5, 0.6) is 0 Å². The minimum Gasteiger partial charge on any atom is -0.324 e. The molecule has 29 heavy (non-hydrogen) atoms. The second-order valence-corrected chi connectivity index (χ2v) is 10.5. The summed E-state index contributed by atoms with van der Waals surface area (Å²) in [4.78, 5) is 0. The Morgan fingerprint density at radius 2 is 1.24 bits per heavy atom. The molecule has 0 spiro atoms. The molecule has 174 valence electrons. The van der Waals surface area contributed by atoms with Gasteiger partial charge in [0.25, 0.3) is 0 Å². The Bertz CT molecular complexity index is 492. The third kappa shape index (κ3) is 16.8. The summed E-state index contributed by atoms with van der Waals surface area (Å²) >= 11 is 0. The van der Waals surface area contributed by atoms with Crippen molar-refractivity contribution in [1.29, 1.82) is 0 Å². The summed E-state index contributed by atoms with van der Waals surface area (Å²) in [6.45, 7) is 6.27. The maximum absolute atomic E-state index is 12.3. The van der Waals surface area contributed by atoms with Crippen LogP contribution in [0.3, 0.4) is 0 Å². The molecular formula is C23H49N3O2S. The zero-order valence-electron chi connectivity index (χ0n) is 19.5. The minimum absolute atomic E-state index is 0.153. The van der Waals surface area contributed by atoms with Crippen molar-refractivity contribution in [2.24, 2.45) is 5.73 Å². The maximum Gasteiger partial charge on any atom is 0.181 e. The third-order valence-corrected chi connectivity index (χ3v) is 7.16. The number of sulfone groups is 1. The van der Waals surface area contributed by atoms with Crippen molar-refractivity contribution in [3.63, 3.8) is 0 Å². The highest BCUT2D eigenvalue weighted by Gasteiger charge is 2.20. The molecule has 0 aromatic rings. The van der Waals surface area contributed by atoms with E-state index in [0.717, 1.165) is 31.4 Å². The number of allylic oxidation sites excluding steroid dienone is 2. The van der Waals surface area contributed by atoms with Crippen molar-refractivity contribution in [3.8, 4) is 0 Å². The predicted octanol–water partition coefficient (Wildman–Crippen LogP) is 5.92. The Morgan fingerprint density at radius 3 is 1.66 bits per heavy atom. The first-order valence-electron chi connectivity index (χ1n) is 12.1. The first kappa shape index (κ1) is 28.4. The number of rotatable bonds is 21. The molecule has 0 aliphatic carbocycles. The molecule has 1 unspecified atom stereocenters. The lowest BCUT2D eigenvalue weighted by atomic mass is 10.0. The molecule has 6 heteroatoms. The highest BCUT2D eigenvalue weighted by atomic mass is 32.2. The topological polar surface area (TPSA) is 84.2 Å². The van der Waals surface area contributed by atoms with E-state index in [9.17, 15) is 8.42 Å². The van der Waals surface area contributed by atoms with Gasteiger partial charge in [-0.3, -0.25) is 0 Å². The lowest BCUT2D eigenvalue weighted by molar-refractivity contribution is 0.510. The van der Waals surface area contributed by atoms with Crippen molar-refractivity contribution in [3.05, 3.63) is 11.8 Å². The summed E-state index contributed by atoms with van der Waals surface area (Å²) < 4.78 is 24.5. The van der Waals surface area contributed by atoms with Gasteiger partial charge >= 0.3 is 0 Å². The van der Waals surface area contributed by atoms with E-state index in [1.807, 2.05) is 13.0 Å². The molecule has 0 aromatic heterocycles. The third-order valence-electron chi connectivity index (χ3n) is 5.41. The molecule has 0 heterocycles. The van der Waals surface area contributed by atoms with Crippen LogP contribution in [0.25, 0.3) is 0 Å². The fourth-order valence-corrected chi connectivity index (χ4v) is 4.53. The molecule has 0 radical (unpaired) electrons. The largest absolute Gasteiger partial charge is 0.324 e. The van der Waals surface area contributed by atoms with E-state index in [-0.39, 0.29) is 5.75 Å². The molecule has 0 bridgehead atoms. The number of nitrogens with two attached hydrogens (primary N) is 1. The van der Waals surface area contributed by atoms with Gasteiger partial charge in [-0.25, -0.2) is 13.8 Å². The van der Waals surface area contributed by atoms with Gasteiger partial charge in [-0.05, 0) is 19.8 Å². The fourth-order valence-electron chi connectivity index (χ4n) is 3.43. The van der Waals surface area contributed by atoms with Crippen molar-refractivity contribution in [2.45, 2.75) is 129 Å². The standard InChI is InChI=1S/C23H49N3O2S/c1-4-7-8-9-10-11-12-13-14-15-16-17-18-19-21-29(27,28)23(24)26-25-22(6-3)20-5-2/h6,23,25-26H,4-5,7-21,24H2,1-3H3/b22-6-. The summed E-state index contributed by atoms with van der Waals surface area (Å²) in [5.41, 5.74) is 11.4. The van der Waals surface area contributed by atoms with Gasteiger partial charge in [0.05, 0.1) is 5.75 Å². The van der Waals surface area contributed by atoms with Crippen LogP contribution in [0.2, 0.25) is 0 Å². The predicted molar refractivity (Wildman–Crippen MR) is 127 cm³/mol. The van der Waals surface area contributed by atoms with E-state index in [1.165, 1.54) is 70.6 Å². The van der Waals surface area contributed by atoms with Gasteiger partial charge in [-0.2, -0.15) is 0 Å². The zero-order chi connectivity index (χ0) is 21.8. The van der Waals surface area contributed by atoms with E-state index >= 15 is 0 Å². The average Bonchev–Trinajstić information content (AvgIpc) is 2.71. The van der Waals surface area contributed by atoms with Gasteiger partial charge in [-0.15, -0.1) is 0 Å². The smallest absolute Gasteiger partial charge is 0.181 e. The minimum atomic E-state index is -3.32. The van der Waals surface area contributed by atoms with Crippen LogP contribution < -0.4 is 16.6 Å². The van der Waals surface area contributed by atoms with Crippen LogP contribution in [-0.4, -0.2) is 19.7 Å². The molecule has 0 saturated heterocycles. The molecule has 5 nitrogen and oxygen atoms in total. The van der Waals surface area contributed by atoms with E-state index < -0.39 is 15.3 Å². The van der Waals surface area contributed by atoms with Crippen molar-refractivity contribution >= 4 is 9.84 Å². The summed E-state index contributed by atoms with van der Waals surface area (Å²) in [6, 6.07) is 0. The number of unbranched alkanes of at least 4 members (excludes halogenated alkanes) is 13. The quantitative estimate of drug-likeness (QED) is 0.119. The highest BCUT2D eigenvalue weighted by Crippen LogP contribution is 2.13. The Morgan fingerprint density at radius 1 is 0.793 bits per heavy atom. The lowest BCUT2D eigenvalue weighted by Gasteiger charge is -2.17. The number of hydrogen-bond acceptors (Lipinski definition) is 5. The summed E-state index contributed by atoms with van der Waals surface area (Å²) in [7, 11) is -3.32. The monoisotopic (exact) mass is 431 g/mol. The molecule has 1 atom stereocenters. The number of hydrazine groups is 1. The van der Waals surface area contributed by atoms with Gasteiger partial charge < -0.3 is 11.2 Å². The van der Waals surface area contributed by atoms with Crippen molar-refractivity contribution < 1.29 is 8.42 Å². The summed E-state index contributed by atoms with van der Waals surface area (Å²) in [5, 5.41) is 0. The molecule has 0 aliphatic heterocycles. The summed E-state index contributed by atoms with van der Waals surface area (Å²) in [5.74, 6) is 0.153. The van der Waals surface area contributed by atoms with Crippen LogP contribution >= 0.6 is 0 Å². The molecule has 0 saturated carbocycles. The zero-order valence-corrected chi connectivity index (χ0v) is 20.3. The van der Waals surface area contributed by atoms with Crippen LogP contribution in [-0.2, 0) is 9.84 Å². The number of hydrogen-bond donors (Lipinski definition) is 3. The van der Waals surface area contributed by atoms with E-state index in [0.29, 0.717) is 6.42 Å². The highest BCUT2D eigenvalue weighted by molar-refractivity contribution is 7.91. The second kappa shape index (κ2) is 19.4. The van der Waals surface area contributed by atoms with Crippen LogP contribution in [0, 0.1) is 0 Å². The Hall–Kier alpha value is -0.590. The average molecular weight is 432 g/mol. The fraction of sp³-hybridized carbons (Fsp3) is 0.913. The van der Waals surface area contributed by atoms with E-state index in [4.69, 9.17) is 5.73 Å². The normalized spacial score (nSPS) is 13.6. The maximum atomic E-state index is 12.3. The van der Waals surface area contributed by atoms with Crippen molar-refractivity contribution in [2.75, 3.05) is 5.75 Å². The van der Waals surface area contributed by atoms with Crippen LogP contribution in [0.1, 0.15) is 124 Å². The molecule has 0 aliphatic rings. The molecule has 0 amide bonds. The van der Waals surface area contributed by atoms with Gasteiger partial charge in [0.15, 0.2) is 15.3 Å². The number of nitrogens with one attached hydrogen (secondary N) is 2. The lowest BCUT2D eigenvalue weighted by Crippen LogP contribution is -2.51. The first-order chi connectivity index (χ1) is 14.0. The van der Waals surface area contributed by atoms with Gasteiger partial charge in [-0.1, -0.05) is 110 Å². The van der Waals surface area contributed by atoms with E-state index in [1.54, 1.807) is 0 Å². The van der Waals surface area contributed by atoms with E-state index in [2.05, 4.69) is 24.7 Å².